The number of benzene rings is 2. The zero-order valence-corrected chi connectivity index (χ0v) is 11.2. The molecule has 2 aromatic rings. The summed E-state index contributed by atoms with van der Waals surface area (Å²) >= 11 is 5.85. The predicted octanol–water partition coefficient (Wildman–Crippen LogP) is 3.72. The number of nitriles is 1. The first kappa shape index (κ1) is 13.4. The van der Waals surface area contributed by atoms with Gasteiger partial charge in [-0.25, -0.2) is 0 Å². The largest absolute Gasteiger partial charge is 0.456 e. The van der Waals surface area contributed by atoms with Crippen LogP contribution in [0.15, 0.2) is 42.5 Å². The van der Waals surface area contributed by atoms with E-state index in [-0.39, 0.29) is 0 Å². The van der Waals surface area contributed by atoms with Gasteiger partial charge in [-0.1, -0.05) is 23.7 Å². The van der Waals surface area contributed by atoms with Crippen LogP contribution < -0.4 is 10.1 Å². The van der Waals surface area contributed by atoms with E-state index in [9.17, 15) is 0 Å². The third kappa shape index (κ3) is 3.47. The Balaban J connectivity index is 2.26. The molecule has 0 saturated carbocycles. The van der Waals surface area contributed by atoms with Gasteiger partial charge in [0, 0.05) is 11.6 Å². The molecule has 0 spiro atoms. The van der Waals surface area contributed by atoms with E-state index in [1.165, 1.54) is 0 Å². The SMILES string of the molecule is CNCc1cccc(Oc2ccc(Cl)cc2C#N)c1. The number of rotatable bonds is 4. The molecule has 0 amide bonds. The normalized spacial score (nSPS) is 9.95. The van der Waals surface area contributed by atoms with Crippen LogP contribution in [0.4, 0.5) is 0 Å². The number of nitrogens with one attached hydrogen (secondary N) is 1. The minimum Gasteiger partial charge on any atom is -0.456 e. The van der Waals surface area contributed by atoms with Gasteiger partial charge in [0.25, 0.3) is 0 Å². The Morgan fingerprint density at radius 1 is 1.26 bits per heavy atom. The monoisotopic (exact) mass is 272 g/mol. The molecule has 2 rings (SSSR count). The van der Waals surface area contributed by atoms with Gasteiger partial charge < -0.3 is 10.1 Å². The van der Waals surface area contributed by atoms with Gasteiger partial charge in [-0.3, -0.25) is 0 Å². The van der Waals surface area contributed by atoms with Gasteiger partial charge in [0.1, 0.15) is 17.6 Å². The van der Waals surface area contributed by atoms with Crippen LogP contribution in [0.2, 0.25) is 5.02 Å². The maximum Gasteiger partial charge on any atom is 0.145 e. The Labute approximate surface area is 117 Å². The summed E-state index contributed by atoms with van der Waals surface area (Å²) in [6.07, 6.45) is 0. The molecule has 0 atom stereocenters. The van der Waals surface area contributed by atoms with Crippen molar-refractivity contribution in [3.05, 3.63) is 58.6 Å². The molecule has 0 radical (unpaired) electrons. The highest BCUT2D eigenvalue weighted by Gasteiger charge is 2.06. The van der Waals surface area contributed by atoms with E-state index in [0.29, 0.717) is 22.1 Å². The van der Waals surface area contributed by atoms with Crippen molar-refractivity contribution >= 4 is 11.6 Å². The van der Waals surface area contributed by atoms with Crippen LogP contribution in [0.5, 0.6) is 11.5 Å². The van der Waals surface area contributed by atoms with Crippen molar-refractivity contribution in [2.24, 2.45) is 0 Å². The summed E-state index contributed by atoms with van der Waals surface area (Å²) in [6, 6.07) is 14.8. The Morgan fingerprint density at radius 2 is 2.11 bits per heavy atom. The van der Waals surface area contributed by atoms with Crippen molar-refractivity contribution in [3.63, 3.8) is 0 Å². The molecule has 0 aliphatic rings. The van der Waals surface area contributed by atoms with E-state index in [0.717, 1.165) is 12.1 Å². The summed E-state index contributed by atoms with van der Waals surface area (Å²) in [7, 11) is 1.89. The number of ether oxygens (including phenoxy) is 1. The van der Waals surface area contributed by atoms with Crippen LogP contribution in [-0.2, 0) is 6.54 Å². The lowest BCUT2D eigenvalue weighted by Gasteiger charge is -2.09. The van der Waals surface area contributed by atoms with Gasteiger partial charge >= 0.3 is 0 Å². The van der Waals surface area contributed by atoms with Crippen molar-refractivity contribution in [2.75, 3.05) is 7.05 Å². The second kappa shape index (κ2) is 6.24. The summed E-state index contributed by atoms with van der Waals surface area (Å²) in [4.78, 5) is 0. The standard InChI is InChI=1S/C15H13ClN2O/c1-18-10-11-3-2-4-14(7-11)19-15-6-5-13(16)8-12(15)9-17/h2-8,18H,10H2,1H3. The zero-order valence-electron chi connectivity index (χ0n) is 10.5. The molecule has 3 nitrogen and oxygen atoms in total. The fraction of sp³-hybridized carbons (Fsp3) is 0.133. The molecular formula is C15H13ClN2O. The van der Waals surface area contributed by atoms with Crippen LogP contribution in [-0.4, -0.2) is 7.05 Å². The molecule has 0 unspecified atom stereocenters. The minimum absolute atomic E-state index is 0.423. The molecule has 19 heavy (non-hydrogen) atoms. The molecule has 4 heteroatoms. The van der Waals surface area contributed by atoms with Crippen molar-refractivity contribution < 1.29 is 4.74 Å². The van der Waals surface area contributed by atoms with Gasteiger partial charge in [0.05, 0.1) is 5.56 Å². The van der Waals surface area contributed by atoms with E-state index >= 15 is 0 Å². The van der Waals surface area contributed by atoms with E-state index < -0.39 is 0 Å². The Kier molecular flexibility index (Phi) is 4.40. The van der Waals surface area contributed by atoms with Crippen LogP contribution in [0, 0.1) is 11.3 Å². The van der Waals surface area contributed by atoms with Crippen LogP contribution in [0.25, 0.3) is 0 Å². The van der Waals surface area contributed by atoms with E-state index in [1.807, 2.05) is 31.3 Å². The summed E-state index contributed by atoms with van der Waals surface area (Å²) < 4.78 is 5.73. The van der Waals surface area contributed by atoms with E-state index in [4.69, 9.17) is 21.6 Å². The van der Waals surface area contributed by atoms with E-state index in [1.54, 1.807) is 18.2 Å². The molecule has 1 N–H and O–H groups in total. The molecule has 0 bridgehead atoms. The lowest BCUT2D eigenvalue weighted by molar-refractivity contribution is 0.480. The van der Waals surface area contributed by atoms with Crippen molar-refractivity contribution in [3.8, 4) is 17.6 Å². The molecule has 0 heterocycles. The number of hydrogen-bond acceptors (Lipinski definition) is 3. The van der Waals surface area contributed by atoms with Gasteiger partial charge in [-0.2, -0.15) is 5.26 Å². The average molecular weight is 273 g/mol. The van der Waals surface area contributed by atoms with E-state index in [2.05, 4.69) is 11.4 Å². The Bertz CT molecular complexity index is 620. The van der Waals surface area contributed by atoms with Crippen LogP contribution in [0.3, 0.4) is 0 Å². The summed E-state index contributed by atoms with van der Waals surface area (Å²) in [5.41, 5.74) is 1.54. The lowest BCUT2D eigenvalue weighted by Crippen LogP contribution is -2.04. The van der Waals surface area contributed by atoms with Gasteiger partial charge in [0.2, 0.25) is 0 Å². The highest BCUT2D eigenvalue weighted by atomic mass is 35.5. The first-order valence-corrected chi connectivity index (χ1v) is 6.22. The maximum atomic E-state index is 9.06. The van der Waals surface area contributed by atoms with Crippen molar-refractivity contribution in [1.29, 1.82) is 5.26 Å². The summed E-state index contributed by atoms with van der Waals surface area (Å²) in [5, 5.41) is 12.7. The minimum atomic E-state index is 0.423. The predicted molar refractivity (Wildman–Crippen MR) is 75.4 cm³/mol. The second-order valence-electron chi connectivity index (χ2n) is 4.03. The molecule has 0 aliphatic heterocycles. The van der Waals surface area contributed by atoms with Crippen molar-refractivity contribution in [1.82, 2.24) is 5.32 Å². The van der Waals surface area contributed by atoms with Crippen molar-refractivity contribution in [2.45, 2.75) is 6.54 Å². The third-order valence-corrected chi connectivity index (χ3v) is 2.80. The number of hydrogen-bond donors (Lipinski definition) is 1. The quantitative estimate of drug-likeness (QED) is 0.922. The molecule has 0 saturated heterocycles. The Morgan fingerprint density at radius 3 is 2.84 bits per heavy atom. The smallest absolute Gasteiger partial charge is 0.145 e. The maximum absolute atomic E-state index is 9.06. The first-order chi connectivity index (χ1) is 9.22. The Hall–Kier alpha value is -2.02. The average Bonchev–Trinajstić information content (AvgIpc) is 2.41. The fourth-order valence-corrected chi connectivity index (χ4v) is 1.90. The summed E-state index contributed by atoms with van der Waals surface area (Å²) in [6.45, 7) is 0.767. The highest BCUT2D eigenvalue weighted by molar-refractivity contribution is 6.30. The molecule has 0 fully saturated rings. The molecular weight excluding hydrogens is 260 g/mol. The number of nitrogens with zero attached hydrogens (tertiary/aromatic N) is 1. The van der Waals surface area contributed by atoms with Gasteiger partial charge in [0.15, 0.2) is 0 Å². The van der Waals surface area contributed by atoms with Crippen LogP contribution >= 0.6 is 11.6 Å². The number of halogens is 1. The topological polar surface area (TPSA) is 45.0 Å². The third-order valence-electron chi connectivity index (χ3n) is 2.57. The molecule has 0 aliphatic carbocycles. The molecule has 2 aromatic carbocycles. The highest BCUT2D eigenvalue weighted by Crippen LogP contribution is 2.27. The van der Waals surface area contributed by atoms with Gasteiger partial charge in [-0.15, -0.1) is 0 Å². The second-order valence-corrected chi connectivity index (χ2v) is 4.47. The molecule has 0 aromatic heterocycles. The van der Waals surface area contributed by atoms with Gasteiger partial charge in [-0.05, 0) is 42.9 Å². The molecule has 96 valence electrons. The van der Waals surface area contributed by atoms with Crippen LogP contribution in [0.1, 0.15) is 11.1 Å². The first-order valence-electron chi connectivity index (χ1n) is 5.84. The lowest BCUT2D eigenvalue weighted by atomic mass is 10.2. The fourth-order valence-electron chi connectivity index (χ4n) is 1.73. The zero-order chi connectivity index (χ0) is 13.7. The summed E-state index contributed by atoms with van der Waals surface area (Å²) in [5.74, 6) is 1.21.